The molecule has 1 aliphatic rings. The van der Waals surface area contributed by atoms with Crippen LogP contribution in [0.3, 0.4) is 0 Å². The number of amides is 4. The lowest BCUT2D eigenvalue weighted by Gasteiger charge is -2.26. The molecule has 2 heterocycles. The second-order valence-corrected chi connectivity index (χ2v) is 8.42. The van der Waals surface area contributed by atoms with Gasteiger partial charge in [-0.05, 0) is 29.8 Å². The molecule has 0 radical (unpaired) electrons. The Morgan fingerprint density at radius 3 is 2.59 bits per heavy atom. The standard InChI is InChI=1S/C24H18ClF2N5O5/c25-16-4-3-15-13(8-29-20(15)19(16)27)6-18-23(36)32(24(37)31-18)21(22(35)30-14(9-33)10-34)11-1-2-12(7-28)17(26)5-11/h1-6,8,14,21,29,33-34H,9-10H2,(H,30,35)(H,31,37). The van der Waals surface area contributed by atoms with E-state index in [0.29, 0.717) is 15.8 Å². The number of aromatic amines is 1. The summed E-state index contributed by atoms with van der Waals surface area (Å²) in [6, 6.07) is 3.74. The highest BCUT2D eigenvalue weighted by atomic mass is 35.5. The van der Waals surface area contributed by atoms with E-state index in [1.54, 1.807) is 6.07 Å². The summed E-state index contributed by atoms with van der Waals surface area (Å²) in [6.07, 6.45) is 2.66. The lowest BCUT2D eigenvalue weighted by atomic mass is 10.0. The number of nitrogens with one attached hydrogen (secondary N) is 3. The van der Waals surface area contributed by atoms with Crippen molar-refractivity contribution in [3.63, 3.8) is 0 Å². The monoisotopic (exact) mass is 529 g/mol. The quantitative estimate of drug-likeness (QED) is 0.233. The average molecular weight is 530 g/mol. The van der Waals surface area contributed by atoms with Crippen LogP contribution < -0.4 is 10.6 Å². The Labute approximate surface area is 212 Å². The Kier molecular flexibility index (Phi) is 7.21. The fourth-order valence-electron chi connectivity index (χ4n) is 3.86. The van der Waals surface area contributed by atoms with E-state index >= 15 is 0 Å². The van der Waals surface area contributed by atoms with Crippen LogP contribution in [0.5, 0.6) is 0 Å². The number of halogens is 3. The van der Waals surface area contributed by atoms with Gasteiger partial charge in [-0.2, -0.15) is 5.26 Å². The first kappa shape index (κ1) is 25.8. The van der Waals surface area contributed by atoms with Gasteiger partial charge in [-0.3, -0.25) is 9.59 Å². The summed E-state index contributed by atoms with van der Waals surface area (Å²) in [4.78, 5) is 42.5. The van der Waals surface area contributed by atoms with E-state index in [2.05, 4.69) is 15.6 Å². The molecule has 1 atom stereocenters. The Morgan fingerprint density at radius 1 is 1.22 bits per heavy atom. The zero-order chi connectivity index (χ0) is 26.9. The van der Waals surface area contributed by atoms with Crippen LogP contribution in [0.1, 0.15) is 22.7 Å². The van der Waals surface area contributed by atoms with E-state index in [9.17, 15) is 33.4 Å². The number of urea groups is 1. The van der Waals surface area contributed by atoms with Gasteiger partial charge < -0.3 is 25.8 Å². The number of nitriles is 1. The van der Waals surface area contributed by atoms with Crippen molar-refractivity contribution >= 4 is 46.4 Å². The summed E-state index contributed by atoms with van der Waals surface area (Å²) >= 11 is 5.80. The molecule has 0 aliphatic carbocycles. The summed E-state index contributed by atoms with van der Waals surface area (Å²) < 4.78 is 28.7. The molecule has 0 spiro atoms. The zero-order valence-electron chi connectivity index (χ0n) is 18.8. The van der Waals surface area contributed by atoms with E-state index in [0.717, 1.165) is 12.1 Å². The van der Waals surface area contributed by atoms with Crippen LogP contribution >= 0.6 is 11.6 Å². The third kappa shape index (κ3) is 4.75. The van der Waals surface area contributed by atoms with Gasteiger partial charge in [0.1, 0.15) is 23.6 Å². The molecule has 3 aromatic rings. The number of aromatic nitrogens is 1. The van der Waals surface area contributed by atoms with Crippen LogP contribution in [0.25, 0.3) is 17.0 Å². The molecular weight excluding hydrogens is 512 g/mol. The van der Waals surface area contributed by atoms with E-state index in [4.69, 9.17) is 16.9 Å². The minimum Gasteiger partial charge on any atom is -0.394 e. The first-order valence-corrected chi connectivity index (χ1v) is 11.1. The third-order valence-corrected chi connectivity index (χ3v) is 6.00. The van der Waals surface area contributed by atoms with Crippen molar-refractivity contribution in [1.82, 2.24) is 20.5 Å². The number of hydrogen-bond acceptors (Lipinski definition) is 6. The van der Waals surface area contributed by atoms with Gasteiger partial charge in [-0.1, -0.05) is 23.7 Å². The summed E-state index contributed by atoms with van der Waals surface area (Å²) in [5, 5.41) is 32.6. The van der Waals surface area contributed by atoms with Crippen molar-refractivity contribution < 1.29 is 33.4 Å². The number of fused-ring (bicyclic) bond motifs is 1. The average Bonchev–Trinajstić information content (AvgIpc) is 3.41. The molecule has 0 bridgehead atoms. The fourth-order valence-corrected chi connectivity index (χ4v) is 4.01. The number of hydrogen-bond donors (Lipinski definition) is 5. The van der Waals surface area contributed by atoms with Crippen molar-refractivity contribution in [2.24, 2.45) is 0 Å². The minimum atomic E-state index is -1.72. The van der Waals surface area contributed by atoms with Crippen LogP contribution in [0, 0.1) is 23.0 Å². The second kappa shape index (κ2) is 10.4. The fraction of sp³-hybridized carbons (Fsp3) is 0.167. The van der Waals surface area contributed by atoms with E-state index in [-0.39, 0.29) is 27.4 Å². The summed E-state index contributed by atoms with van der Waals surface area (Å²) in [5.74, 6) is -3.64. The van der Waals surface area contributed by atoms with E-state index in [1.807, 2.05) is 0 Å². The molecule has 1 saturated heterocycles. The number of nitrogens with zero attached hydrogens (tertiary/aromatic N) is 2. The highest BCUT2D eigenvalue weighted by Gasteiger charge is 2.43. The predicted molar refractivity (Wildman–Crippen MR) is 127 cm³/mol. The van der Waals surface area contributed by atoms with E-state index in [1.165, 1.54) is 30.5 Å². The van der Waals surface area contributed by atoms with Crippen molar-refractivity contribution in [2.75, 3.05) is 13.2 Å². The van der Waals surface area contributed by atoms with Gasteiger partial charge in [0.2, 0.25) is 5.91 Å². The molecule has 0 saturated carbocycles. The van der Waals surface area contributed by atoms with Crippen LogP contribution in [0.4, 0.5) is 13.6 Å². The molecule has 10 nitrogen and oxygen atoms in total. The van der Waals surface area contributed by atoms with Crippen molar-refractivity contribution in [2.45, 2.75) is 12.1 Å². The maximum absolute atomic E-state index is 14.4. The number of carbonyl (C=O) groups excluding carboxylic acids is 3. The van der Waals surface area contributed by atoms with Gasteiger partial charge in [0, 0.05) is 17.1 Å². The predicted octanol–water partition coefficient (Wildman–Crippen LogP) is 2.07. The van der Waals surface area contributed by atoms with Gasteiger partial charge in [0.15, 0.2) is 5.82 Å². The smallest absolute Gasteiger partial charge is 0.330 e. The SMILES string of the molecule is N#Cc1ccc(C(C(=O)NC(CO)CO)N2C(=O)NC(=Cc3c[nH]c4c(F)c(Cl)ccc34)C2=O)cc1F. The second-order valence-electron chi connectivity index (χ2n) is 8.02. The van der Waals surface area contributed by atoms with Gasteiger partial charge in [-0.15, -0.1) is 0 Å². The molecule has 1 unspecified atom stereocenters. The van der Waals surface area contributed by atoms with Gasteiger partial charge in [0.25, 0.3) is 5.91 Å². The Balaban J connectivity index is 1.75. The number of rotatable bonds is 7. The third-order valence-electron chi connectivity index (χ3n) is 5.71. The lowest BCUT2D eigenvalue weighted by Crippen LogP contribution is -2.48. The maximum Gasteiger partial charge on any atom is 0.330 e. The van der Waals surface area contributed by atoms with Crippen LogP contribution in [0.2, 0.25) is 5.02 Å². The Morgan fingerprint density at radius 2 is 1.95 bits per heavy atom. The maximum atomic E-state index is 14.4. The molecule has 4 amide bonds. The molecular formula is C24H18ClF2N5O5. The first-order chi connectivity index (χ1) is 17.7. The number of carbonyl (C=O) groups is 3. The van der Waals surface area contributed by atoms with Crippen LogP contribution in [-0.2, 0) is 9.59 Å². The van der Waals surface area contributed by atoms with Crippen molar-refractivity contribution in [1.29, 1.82) is 5.26 Å². The first-order valence-electron chi connectivity index (χ1n) is 10.7. The lowest BCUT2D eigenvalue weighted by molar-refractivity contribution is -0.134. The number of benzene rings is 2. The Hall–Kier alpha value is -4.31. The Bertz CT molecular complexity index is 1490. The number of aliphatic hydroxyl groups excluding tert-OH is 2. The van der Waals surface area contributed by atoms with Gasteiger partial charge in [0.05, 0.1) is 35.4 Å². The molecule has 13 heteroatoms. The molecule has 4 rings (SSSR count). The number of imide groups is 1. The number of aliphatic hydroxyl groups is 2. The van der Waals surface area contributed by atoms with Gasteiger partial charge in [-0.25, -0.2) is 18.5 Å². The molecule has 5 N–H and O–H groups in total. The largest absolute Gasteiger partial charge is 0.394 e. The summed E-state index contributed by atoms with van der Waals surface area (Å²) in [7, 11) is 0. The highest BCUT2D eigenvalue weighted by molar-refractivity contribution is 6.31. The van der Waals surface area contributed by atoms with Crippen molar-refractivity contribution in [3.05, 3.63) is 75.6 Å². The summed E-state index contributed by atoms with van der Waals surface area (Å²) in [5.41, 5.74) is -0.304. The zero-order valence-corrected chi connectivity index (χ0v) is 19.5. The van der Waals surface area contributed by atoms with Gasteiger partial charge >= 0.3 is 6.03 Å². The number of H-pyrrole nitrogens is 1. The van der Waals surface area contributed by atoms with Crippen LogP contribution in [-0.4, -0.2) is 57.2 Å². The minimum absolute atomic E-state index is 0.0809. The molecule has 190 valence electrons. The molecule has 2 aromatic carbocycles. The van der Waals surface area contributed by atoms with Crippen molar-refractivity contribution in [3.8, 4) is 6.07 Å². The molecule has 1 fully saturated rings. The topological polar surface area (TPSA) is 159 Å². The van der Waals surface area contributed by atoms with Crippen LogP contribution in [0.15, 0.2) is 42.2 Å². The highest BCUT2D eigenvalue weighted by Crippen LogP contribution is 2.31. The molecule has 1 aromatic heterocycles. The summed E-state index contributed by atoms with van der Waals surface area (Å²) in [6.45, 7) is -1.30. The molecule has 37 heavy (non-hydrogen) atoms. The molecule has 1 aliphatic heterocycles. The van der Waals surface area contributed by atoms with E-state index < -0.39 is 54.8 Å². The normalized spacial score (nSPS) is 15.4.